The Morgan fingerprint density at radius 3 is 2.96 bits per heavy atom. The molecule has 0 aliphatic carbocycles. The summed E-state index contributed by atoms with van der Waals surface area (Å²) in [5.74, 6) is 0.0545. The zero-order chi connectivity index (χ0) is 17.6. The van der Waals surface area contributed by atoms with Crippen molar-refractivity contribution in [3.05, 3.63) is 53.6 Å². The van der Waals surface area contributed by atoms with E-state index in [4.69, 9.17) is 4.74 Å². The van der Waals surface area contributed by atoms with Gasteiger partial charge in [-0.3, -0.25) is 9.69 Å². The van der Waals surface area contributed by atoms with Crippen LogP contribution in [-0.2, 0) is 35.6 Å². The maximum atomic E-state index is 12.6. The van der Waals surface area contributed by atoms with Crippen LogP contribution in [0.3, 0.4) is 0 Å². The predicted molar refractivity (Wildman–Crippen MR) is 96.0 cm³/mol. The molecule has 0 bridgehead atoms. The molecule has 2 heterocycles. The Morgan fingerprint density at radius 2 is 2.16 bits per heavy atom. The fourth-order valence-electron chi connectivity index (χ4n) is 3.23. The minimum Gasteiger partial charge on any atom is -0.383 e. The first-order valence-electron chi connectivity index (χ1n) is 8.75. The molecule has 0 radical (unpaired) electrons. The highest BCUT2D eigenvalue weighted by Crippen LogP contribution is 2.20. The molecule has 0 saturated carbocycles. The van der Waals surface area contributed by atoms with Crippen molar-refractivity contribution in [3.63, 3.8) is 0 Å². The van der Waals surface area contributed by atoms with Gasteiger partial charge in [-0.05, 0) is 24.5 Å². The molecule has 2 aromatic rings. The Hall–Kier alpha value is -2.18. The molecule has 1 N–H and O–H groups in total. The van der Waals surface area contributed by atoms with E-state index >= 15 is 0 Å². The van der Waals surface area contributed by atoms with Crippen molar-refractivity contribution in [1.29, 1.82) is 0 Å². The average Bonchev–Trinajstić information content (AvgIpc) is 3.10. The maximum Gasteiger partial charge on any atom is 0.237 e. The second kappa shape index (κ2) is 8.27. The Labute approximate surface area is 148 Å². The quantitative estimate of drug-likeness (QED) is 0.830. The van der Waals surface area contributed by atoms with Crippen LogP contribution in [-0.4, -0.2) is 46.7 Å². The Morgan fingerprint density at radius 1 is 1.36 bits per heavy atom. The summed E-state index contributed by atoms with van der Waals surface area (Å²) in [6.07, 6.45) is 4.56. The molecule has 3 rings (SSSR count). The van der Waals surface area contributed by atoms with E-state index in [1.165, 1.54) is 11.1 Å². The molecule has 0 spiro atoms. The van der Waals surface area contributed by atoms with E-state index in [2.05, 4.69) is 39.5 Å². The molecule has 1 aromatic carbocycles. The van der Waals surface area contributed by atoms with Gasteiger partial charge >= 0.3 is 0 Å². The second-order valence-electron chi connectivity index (χ2n) is 6.45. The zero-order valence-electron chi connectivity index (χ0n) is 14.9. The Kier molecular flexibility index (Phi) is 5.83. The first-order chi connectivity index (χ1) is 12.2. The third-order valence-electron chi connectivity index (χ3n) is 4.87. The van der Waals surface area contributed by atoms with Gasteiger partial charge in [0.25, 0.3) is 0 Å². The first kappa shape index (κ1) is 17.6. The minimum absolute atomic E-state index is 0.0545. The molecule has 1 aliphatic rings. The van der Waals surface area contributed by atoms with Crippen LogP contribution in [0.15, 0.2) is 36.8 Å². The normalized spacial score (nSPS) is 15.6. The van der Waals surface area contributed by atoms with Gasteiger partial charge in [0.05, 0.1) is 31.2 Å². The number of carbonyl (C=O) groups excluding carboxylic acids is 1. The fraction of sp³-hybridized carbons (Fsp3) is 0.474. The molecule has 0 fully saturated rings. The Bertz CT molecular complexity index is 713. The number of aromatic nitrogens is 2. The van der Waals surface area contributed by atoms with Crippen molar-refractivity contribution in [2.75, 3.05) is 20.3 Å². The van der Waals surface area contributed by atoms with Crippen LogP contribution in [0.25, 0.3) is 0 Å². The fourth-order valence-corrected chi connectivity index (χ4v) is 3.23. The summed E-state index contributed by atoms with van der Waals surface area (Å²) >= 11 is 0. The number of amides is 1. The molecule has 1 aliphatic heterocycles. The smallest absolute Gasteiger partial charge is 0.237 e. The van der Waals surface area contributed by atoms with Crippen LogP contribution >= 0.6 is 0 Å². The van der Waals surface area contributed by atoms with E-state index in [0.29, 0.717) is 13.2 Å². The number of hydrogen-bond acceptors (Lipinski definition) is 4. The number of methoxy groups -OCH3 is 1. The number of carbonyl (C=O) groups is 1. The van der Waals surface area contributed by atoms with Crippen molar-refractivity contribution in [3.8, 4) is 0 Å². The lowest BCUT2D eigenvalue weighted by Gasteiger charge is -2.32. The predicted octanol–water partition coefficient (Wildman–Crippen LogP) is 1.59. The van der Waals surface area contributed by atoms with Crippen molar-refractivity contribution in [2.45, 2.75) is 39.0 Å². The zero-order valence-corrected chi connectivity index (χ0v) is 14.9. The standard InChI is InChI=1S/C19H26N4O2/c1-15(22-8-7-16-5-3-4-6-17(16)13-22)19(24)21-12-18-11-20-14-23(18)9-10-25-2/h3-6,11,14-15H,7-10,12-13H2,1-2H3,(H,21,24)/t15-/m0/s1. The lowest BCUT2D eigenvalue weighted by Crippen LogP contribution is -2.46. The van der Waals surface area contributed by atoms with Crippen molar-refractivity contribution < 1.29 is 9.53 Å². The summed E-state index contributed by atoms with van der Waals surface area (Å²) in [6, 6.07) is 8.33. The summed E-state index contributed by atoms with van der Waals surface area (Å²) in [6.45, 7) is 5.57. The first-order valence-corrected chi connectivity index (χ1v) is 8.75. The average molecular weight is 342 g/mol. The largest absolute Gasteiger partial charge is 0.383 e. The van der Waals surface area contributed by atoms with Crippen LogP contribution in [0, 0.1) is 0 Å². The molecule has 25 heavy (non-hydrogen) atoms. The maximum absolute atomic E-state index is 12.6. The highest BCUT2D eigenvalue weighted by molar-refractivity contribution is 5.81. The van der Waals surface area contributed by atoms with Crippen LogP contribution < -0.4 is 5.32 Å². The van der Waals surface area contributed by atoms with E-state index in [1.807, 2.05) is 11.5 Å². The van der Waals surface area contributed by atoms with E-state index in [0.717, 1.165) is 31.7 Å². The van der Waals surface area contributed by atoms with Gasteiger partial charge in [0, 0.05) is 32.9 Å². The van der Waals surface area contributed by atoms with Gasteiger partial charge in [0.1, 0.15) is 0 Å². The van der Waals surface area contributed by atoms with Crippen molar-refractivity contribution in [2.24, 2.45) is 0 Å². The van der Waals surface area contributed by atoms with E-state index in [-0.39, 0.29) is 11.9 Å². The topological polar surface area (TPSA) is 59.4 Å². The number of nitrogens with zero attached hydrogens (tertiary/aromatic N) is 3. The monoisotopic (exact) mass is 342 g/mol. The lowest BCUT2D eigenvalue weighted by atomic mass is 9.99. The molecule has 134 valence electrons. The molecule has 6 heteroatoms. The van der Waals surface area contributed by atoms with E-state index < -0.39 is 0 Å². The van der Waals surface area contributed by atoms with Crippen LogP contribution in [0.1, 0.15) is 23.7 Å². The van der Waals surface area contributed by atoms with Gasteiger partial charge < -0.3 is 14.6 Å². The molecule has 0 unspecified atom stereocenters. The van der Waals surface area contributed by atoms with Gasteiger partial charge in [-0.15, -0.1) is 0 Å². The highest BCUT2D eigenvalue weighted by atomic mass is 16.5. The van der Waals surface area contributed by atoms with Crippen molar-refractivity contribution in [1.82, 2.24) is 19.8 Å². The minimum atomic E-state index is -0.149. The number of hydrogen-bond donors (Lipinski definition) is 1. The van der Waals surface area contributed by atoms with Gasteiger partial charge in [-0.25, -0.2) is 4.98 Å². The van der Waals surface area contributed by atoms with Gasteiger partial charge in [-0.2, -0.15) is 0 Å². The second-order valence-corrected chi connectivity index (χ2v) is 6.45. The number of fused-ring (bicyclic) bond motifs is 1. The third kappa shape index (κ3) is 4.27. The van der Waals surface area contributed by atoms with Gasteiger partial charge in [0.2, 0.25) is 5.91 Å². The molecular formula is C19H26N4O2. The number of imidazole rings is 1. The lowest BCUT2D eigenvalue weighted by molar-refractivity contribution is -0.126. The SMILES string of the molecule is COCCn1cncc1CNC(=O)[C@H](C)N1CCc2ccccc2C1. The van der Waals surface area contributed by atoms with E-state index in [1.54, 1.807) is 19.6 Å². The van der Waals surface area contributed by atoms with E-state index in [9.17, 15) is 4.79 Å². The third-order valence-corrected chi connectivity index (χ3v) is 4.87. The molecule has 1 aromatic heterocycles. The van der Waals surface area contributed by atoms with Crippen LogP contribution in [0.4, 0.5) is 0 Å². The molecule has 1 atom stereocenters. The van der Waals surface area contributed by atoms with Gasteiger partial charge in [0.15, 0.2) is 0 Å². The molecular weight excluding hydrogens is 316 g/mol. The number of ether oxygens (including phenoxy) is 1. The highest BCUT2D eigenvalue weighted by Gasteiger charge is 2.25. The summed E-state index contributed by atoms with van der Waals surface area (Å²) in [5.41, 5.74) is 3.71. The number of rotatable bonds is 7. The number of nitrogens with one attached hydrogen (secondary N) is 1. The molecule has 1 amide bonds. The number of benzene rings is 1. The Balaban J connectivity index is 1.54. The summed E-state index contributed by atoms with van der Waals surface area (Å²) in [7, 11) is 1.68. The van der Waals surface area contributed by atoms with Gasteiger partial charge in [-0.1, -0.05) is 24.3 Å². The van der Waals surface area contributed by atoms with Crippen molar-refractivity contribution >= 4 is 5.91 Å². The summed E-state index contributed by atoms with van der Waals surface area (Å²) < 4.78 is 7.10. The summed E-state index contributed by atoms with van der Waals surface area (Å²) in [4.78, 5) is 19.0. The molecule has 6 nitrogen and oxygen atoms in total. The van der Waals surface area contributed by atoms with Crippen LogP contribution in [0.5, 0.6) is 0 Å². The summed E-state index contributed by atoms with van der Waals surface area (Å²) in [5, 5.41) is 3.04. The van der Waals surface area contributed by atoms with Crippen LogP contribution in [0.2, 0.25) is 0 Å². The molecule has 0 saturated heterocycles.